The van der Waals surface area contributed by atoms with E-state index in [1.807, 2.05) is 41.2 Å². The molecule has 3 aromatic rings. The van der Waals surface area contributed by atoms with Crippen LogP contribution in [0.5, 0.6) is 0 Å². The summed E-state index contributed by atoms with van der Waals surface area (Å²) in [7, 11) is 2.17. The van der Waals surface area contributed by atoms with Crippen LogP contribution in [0, 0.1) is 22.7 Å². The van der Waals surface area contributed by atoms with E-state index in [-0.39, 0.29) is 17.1 Å². The van der Waals surface area contributed by atoms with Gasteiger partial charge in [0.25, 0.3) is 0 Å². The summed E-state index contributed by atoms with van der Waals surface area (Å²) in [6.07, 6.45) is 7.18. The van der Waals surface area contributed by atoms with Gasteiger partial charge in [-0.1, -0.05) is 0 Å². The number of nitrogens with one attached hydrogen (secondary N) is 2. The van der Waals surface area contributed by atoms with Gasteiger partial charge in [0.2, 0.25) is 5.95 Å². The minimum Gasteiger partial charge on any atom is -0.366 e. The monoisotopic (exact) mass is 454 g/mol. The number of aromatic nitrogens is 3. The predicted molar refractivity (Wildman–Crippen MR) is 133 cm³/mol. The van der Waals surface area contributed by atoms with Crippen molar-refractivity contribution in [3.8, 4) is 17.8 Å². The summed E-state index contributed by atoms with van der Waals surface area (Å²) in [5, 5.41) is 26.0. The highest BCUT2D eigenvalue weighted by molar-refractivity contribution is 5.64. The molecule has 4 rings (SSSR count). The molecule has 1 aromatic carbocycles. The van der Waals surface area contributed by atoms with Crippen LogP contribution in [-0.2, 0) is 0 Å². The summed E-state index contributed by atoms with van der Waals surface area (Å²) in [5.41, 5.74) is 2.45. The van der Waals surface area contributed by atoms with E-state index in [1.54, 1.807) is 6.07 Å². The van der Waals surface area contributed by atoms with Gasteiger partial charge in [-0.25, -0.2) is 4.98 Å². The van der Waals surface area contributed by atoms with E-state index >= 15 is 0 Å². The van der Waals surface area contributed by atoms with Crippen molar-refractivity contribution < 1.29 is 0 Å². The summed E-state index contributed by atoms with van der Waals surface area (Å²) < 4.78 is 1.90. The van der Waals surface area contributed by atoms with E-state index < -0.39 is 0 Å². The summed E-state index contributed by atoms with van der Waals surface area (Å²) in [6, 6.07) is 14.0. The van der Waals surface area contributed by atoms with Gasteiger partial charge >= 0.3 is 0 Å². The highest BCUT2D eigenvalue weighted by Crippen LogP contribution is 2.38. The summed E-state index contributed by atoms with van der Waals surface area (Å²) in [4.78, 5) is 11.3. The molecule has 0 unspecified atom stereocenters. The van der Waals surface area contributed by atoms with Crippen LogP contribution in [0.2, 0.25) is 0 Å². The lowest BCUT2D eigenvalue weighted by Gasteiger charge is -2.53. The minimum absolute atomic E-state index is 0.00942. The first kappa shape index (κ1) is 23.3. The molecule has 2 N–H and O–H groups in total. The topological polar surface area (TPSA) is 106 Å². The lowest BCUT2D eigenvalue weighted by atomic mass is 9.77. The van der Waals surface area contributed by atoms with E-state index in [4.69, 9.17) is 0 Å². The van der Waals surface area contributed by atoms with Crippen LogP contribution >= 0.6 is 0 Å². The van der Waals surface area contributed by atoms with Crippen LogP contribution in [0.3, 0.4) is 0 Å². The maximum absolute atomic E-state index is 9.63. The zero-order valence-corrected chi connectivity index (χ0v) is 20.3. The molecule has 8 nitrogen and oxygen atoms in total. The highest BCUT2D eigenvalue weighted by atomic mass is 15.3. The van der Waals surface area contributed by atoms with Crippen molar-refractivity contribution in [2.45, 2.75) is 57.7 Å². The average Bonchev–Trinajstić information content (AvgIpc) is 3.32. The zero-order valence-electron chi connectivity index (χ0n) is 20.3. The molecule has 174 valence electrons. The van der Waals surface area contributed by atoms with E-state index in [0.717, 1.165) is 18.5 Å². The molecule has 1 aliphatic rings. The Bertz CT molecular complexity index is 1240. The van der Waals surface area contributed by atoms with Crippen molar-refractivity contribution >= 4 is 17.5 Å². The molecule has 34 heavy (non-hydrogen) atoms. The first-order valence-electron chi connectivity index (χ1n) is 11.3. The van der Waals surface area contributed by atoms with Gasteiger partial charge in [0.15, 0.2) is 0 Å². The van der Waals surface area contributed by atoms with E-state index in [2.05, 4.69) is 72.4 Å². The lowest BCUT2D eigenvalue weighted by molar-refractivity contribution is -0.00772. The number of piperidine rings is 1. The van der Waals surface area contributed by atoms with Crippen LogP contribution in [0.4, 0.5) is 17.5 Å². The van der Waals surface area contributed by atoms with Gasteiger partial charge in [-0.15, -0.1) is 0 Å². The fourth-order valence-corrected chi connectivity index (χ4v) is 4.85. The van der Waals surface area contributed by atoms with Crippen molar-refractivity contribution in [1.82, 2.24) is 19.4 Å². The van der Waals surface area contributed by atoms with E-state index in [9.17, 15) is 10.5 Å². The SMILES string of the molecule is CN1C(C)(C)CC(Nc2nc(Nc3ccc(-n4cccc4)c(C#N)c3)ncc2C#N)CC1(C)C. The zero-order chi connectivity index (χ0) is 24.5. The number of hydrogen-bond donors (Lipinski definition) is 2. The molecule has 0 atom stereocenters. The first-order valence-corrected chi connectivity index (χ1v) is 11.3. The molecule has 1 aliphatic heterocycles. The number of benzene rings is 1. The predicted octanol–water partition coefficient (Wildman–Crippen LogP) is 4.82. The molecular weight excluding hydrogens is 424 g/mol. The molecule has 1 saturated heterocycles. The Morgan fingerprint density at radius 2 is 1.65 bits per heavy atom. The highest BCUT2D eigenvalue weighted by Gasteiger charge is 2.43. The maximum atomic E-state index is 9.63. The molecule has 2 aromatic heterocycles. The Balaban J connectivity index is 1.58. The Morgan fingerprint density at radius 1 is 1.00 bits per heavy atom. The number of rotatable bonds is 5. The quantitative estimate of drug-likeness (QED) is 0.569. The fraction of sp³-hybridized carbons (Fsp3) is 0.385. The van der Waals surface area contributed by atoms with Crippen molar-refractivity contribution in [3.05, 3.63) is 60.0 Å². The van der Waals surface area contributed by atoms with Gasteiger partial charge in [-0.05, 0) is 77.9 Å². The average molecular weight is 455 g/mol. The van der Waals surface area contributed by atoms with E-state index in [0.29, 0.717) is 28.6 Å². The third-order valence-electron chi connectivity index (χ3n) is 6.81. The third kappa shape index (κ3) is 4.59. The Kier molecular flexibility index (Phi) is 6.03. The maximum Gasteiger partial charge on any atom is 0.229 e. The Hall–Kier alpha value is -3.88. The van der Waals surface area contributed by atoms with Gasteiger partial charge in [-0.3, -0.25) is 4.90 Å². The number of likely N-dealkylation sites (tertiary alicyclic amines) is 1. The summed E-state index contributed by atoms with van der Waals surface area (Å²) in [6.45, 7) is 8.96. The molecule has 0 bridgehead atoms. The van der Waals surface area contributed by atoms with Crippen molar-refractivity contribution in [2.75, 3.05) is 17.7 Å². The Labute approximate surface area is 200 Å². The standard InChI is InChI=1S/C26H30N8/c1-25(2)13-21(14-26(3,4)33(25)5)30-23-19(16-28)17-29-24(32-23)31-20-8-9-22(18(12-20)15-27)34-10-6-7-11-34/h6-12,17,21H,13-14H2,1-5H3,(H2,29,30,31,32). The second-order valence-corrected chi connectivity index (χ2v) is 10.1. The molecule has 1 fully saturated rings. The van der Waals surface area contributed by atoms with Crippen molar-refractivity contribution in [2.24, 2.45) is 0 Å². The van der Waals surface area contributed by atoms with Gasteiger partial charge in [-0.2, -0.15) is 15.5 Å². The first-order chi connectivity index (χ1) is 16.1. The summed E-state index contributed by atoms with van der Waals surface area (Å²) in [5.74, 6) is 0.885. The number of anilines is 3. The number of hydrogen-bond acceptors (Lipinski definition) is 7. The largest absolute Gasteiger partial charge is 0.366 e. The van der Waals surface area contributed by atoms with Crippen LogP contribution in [0.25, 0.3) is 5.69 Å². The van der Waals surface area contributed by atoms with Gasteiger partial charge in [0.05, 0.1) is 17.4 Å². The molecule has 0 saturated carbocycles. The molecule has 0 aliphatic carbocycles. The second-order valence-electron chi connectivity index (χ2n) is 10.1. The van der Waals surface area contributed by atoms with Crippen LogP contribution in [-0.4, -0.2) is 43.6 Å². The minimum atomic E-state index is 0.00942. The third-order valence-corrected chi connectivity index (χ3v) is 6.81. The van der Waals surface area contributed by atoms with Gasteiger partial charge < -0.3 is 15.2 Å². The molecule has 0 radical (unpaired) electrons. The Morgan fingerprint density at radius 3 is 2.26 bits per heavy atom. The van der Waals surface area contributed by atoms with Gasteiger partial charge in [0.1, 0.15) is 23.5 Å². The molecule has 0 amide bonds. The van der Waals surface area contributed by atoms with Crippen LogP contribution in [0.1, 0.15) is 51.7 Å². The normalized spacial score (nSPS) is 17.5. The number of nitrogens with zero attached hydrogens (tertiary/aromatic N) is 6. The molecule has 3 heterocycles. The molecular formula is C26H30N8. The fourth-order valence-electron chi connectivity index (χ4n) is 4.85. The second kappa shape index (κ2) is 8.81. The van der Waals surface area contributed by atoms with Crippen LogP contribution in [0.15, 0.2) is 48.9 Å². The lowest BCUT2D eigenvalue weighted by Crippen LogP contribution is -2.61. The van der Waals surface area contributed by atoms with Crippen molar-refractivity contribution in [3.63, 3.8) is 0 Å². The molecule has 0 spiro atoms. The smallest absolute Gasteiger partial charge is 0.229 e. The van der Waals surface area contributed by atoms with Gasteiger partial charge in [0, 0.05) is 35.2 Å². The van der Waals surface area contributed by atoms with Crippen molar-refractivity contribution in [1.29, 1.82) is 10.5 Å². The van der Waals surface area contributed by atoms with E-state index in [1.165, 1.54) is 6.20 Å². The van der Waals surface area contributed by atoms with Crippen LogP contribution < -0.4 is 10.6 Å². The summed E-state index contributed by atoms with van der Waals surface area (Å²) >= 11 is 0. The molecule has 8 heteroatoms. The number of nitriles is 2.